The second-order valence-electron chi connectivity index (χ2n) is 4.48. The Kier molecular flexibility index (Phi) is 2.92. The maximum absolute atomic E-state index is 11.3. The summed E-state index contributed by atoms with van der Waals surface area (Å²) in [6.45, 7) is 3.67. The second kappa shape index (κ2) is 4.24. The average Bonchev–Trinajstić information content (AvgIpc) is 2.55. The van der Waals surface area contributed by atoms with E-state index in [0.717, 1.165) is 22.3 Å². The lowest BCUT2D eigenvalue weighted by atomic mass is 10.1. The number of ketones is 1. The van der Waals surface area contributed by atoms with Crippen molar-refractivity contribution in [3.63, 3.8) is 0 Å². The highest BCUT2D eigenvalue weighted by Gasteiger charge is 2.11. The first-order valence-electron chi connectivity index (χ1n) is 5.65. The first-order valence-corrected chi connectivity index (χ1v) is 5.65. The van der Waals surface area contributed by atoms with Gasteiger partial charge in [-0.25, -0.2) is 0 Å². The van der Waals surface area contributed by atoms with Crippen molar-refractivity contribution in [3.05, 3.63) is 29.5 Å². The molecule has 0 N–H and O–H groups in total. The molecule has 2 rings (SSSR count). The van der Waals surface area contributed by atoms with Crippen LogP contribution < -0.4 is 4.74 Å². The third kappa shape index (κ3) is 2.05. The third-order valence-corrected chi connectivity index (χ3v) is 3.00. The Balaban J connectivity index is 2.70. The molecule has 17 heavy (non-hydrogen) atoms. The highest BCUT2D eigenvalue weighted by Crippen LogP contribution is 2.29. The van der Waals surface area contributed by atoms with Crippen LogP contribution in [0.5, 0.6) is 5.75 Å². The fourth-order valence-electron chi connectivity index (χ4n) is 2.35. The summed E-state index contributed by atoms with van der Waals surface area (Å²) in [5, 5.41) is 1.11. The zero-order valence-corrected chi connectivity index (χ0v) is 10.7. The molecule has 0 spiro atoms. The van der Waals surface area contributed by atoms with Crippen LogP contribution in [0.1, 0.15) is 18.1 Å². The molecule has 0 saturated carbocycles. The molecular formula is C14H17NO2. The number of aromatic nitrogens is 1. The third-order valence-electron chi connectivity index (χ3n) is 3.00. The number of ether oxygens (including phenoxy) is 1. The predicted molar refractivity (Wildman–Crippen MR) is 68.6 cm³/mol. The van der Waals surface area contributed by atoms with Crippen LogP contribution in [0.15, 0.2) is 18.3 Å². The molecule has 1 heterocycles. The van der Waals surface area contributed by atoms with Crippen LogP contribution in [0.25, 0.3) is 10.9 Å². The molecule has 90 valence electrons. The number of hydrogen-bond donors (Lipinski definition) is 0. The largest absolute Gasteiger partial charge is 0.497 e. The van der Waals surface area contributed by atoms with E-state index in [-0.39, 0.29) is 5.78 Å². The van der Waals surface area contributed by atoms with E-state index >= 15 is 0 Å². The standard InChI is InChI=1S/C14H17NO2/c1-9-5-12(17-4)7-13-11(6-10(2)16)8-15(3)14(9)13/h5,7-8H,6H2,1-4H3. The summed E-state index contributed by atoms with van der Waals surface area (Å²) < 4.78 is 7.35. The molecule has 1 aromatic heterocycles. The van der Waals surface area contributed by atoms with Crippen molar-refractivity contribution in [3.8, 4) is 5.75 Å². The van der Waals surface area contributed by atoms with E-state index in [1.165, 1.54) is 5.52 Å². The van der Waals surface area contributed by atoms with E-state index in [1.807, 2.05) is 25.4 Å². The van der Waals surface area contributed by atoms with Gasteiger partial charge in [-0.05, 0) is 37.1 Å². The summed E-state index contributed by atoms with van der Waals surface area (Å²) in [4.78, 5) is 11.3. The van der Waals surface area contributed by atoms with E-state index in [0.29, 0.717) is 6.42 Å². The van der Waals surface area contributed by atoms with Crippen LogP contribution in [0.3, 0.4) is 0 Å². The number of Topliss-reactive ketones (excluding diaryl/α,β-unsaturated/α-hetero) is 1. The lowest BCUT2D eigenvalue weighted by Gasteiger charge is -2.05. The van der Waals surface area contributed by atoms with Crippen molar-refractivity contribution >= 4 is 16.7 Å². The zero-order valence-electron chi connectivity index (χ0n) is 10.7. The molecule has 0 fully saturated rings. The van der Waals surface area contributed by atoms with Crippen LogP contribution in [0.2, 0.25) is 0 Å². The van der Waals surface area contributed by atoms with E-state index in [9.17, 15) is 4.79 Å². The van der Waals surface area contributed by atoms with Crippen molar-refractivity contribution in [2.24, 2.45) is 7.05 Å². The number of aryl methyl sites for hydroxylation is 2. The number of nitrogens with zero attached hydrogens (tertiary/aromatic N) is 1. The van der Waals surface area contributed by atoms with Gasteiger partial charge in [-0.1, -0.05) is 0 Å². The Labute approximate surface area is 101 Å². The highest BCUT2D eigenvalue weighted by molar-refractivity contribution is 5.92. The molecule has 3 nitrogen and oxygen atoms in total. The monoisotopic (exact) mass is 231 g/mol. The van der Waals surface area contributed by atoms with Crippen LogP contribution in [-0.2, 0) is 18.3 Å². The summed E-state index contributed by atoms with van der Waals surface area (Å²) in [6.07, 6.45) is 2.50. The molecule has 0 atom stereocenters. The quantitative estimate of drug-likeness (QED) is 0.813. The number of fused-ring (bicyclic) bond motifs is 1. The zero-order chi connectivity index (χ0) is 12.6. The van der Waals surface area contributed by atoms with Crippen molar-refractivity contribution in [2.75, 3.05) is 7.11 Å². The van der Waals surface area contributed by atoms with Gasteiger partial charge in [-0.3, -0.25) is 4.79 Å². The van der Waals surface area contributed by atoms with Crippen molar-refractivity contribution in [2.45, 2.75) is 20.3 Å². The van der Waals surface area contributed by atoms with Gasteiger partial charge in [0, 0.05) is 25.1 Å². The van der Waals surface area contributed by atoms with Crippen LogP contribution in [-0.4, -0.2) is 17.5 Å². The van der Waals surface area contributed by atoms with Gasteiger partial charge in [0.1, 0.15) is 11.5 Å². The maximum Gasteiger partial charge on any atom is 0.134 e. The average molecular weight is 231 g/mol. The molecule has 0 amide bonds. The van der Waals surface area contributed by atoms with E-state index in [1.54, 1.807) is 14.0 Å². The molecule has 0 unspecified atom stereocenters. The van der Waals surface area contributed by atoms with Gasteiger partial charge in [0.05, 0.1) is 12.6 Å². The fourth-order valence-corrected chi connectivity index (χ4v) is 2.35. The molecule has 0 saturated heterocycles. The van der Waals surface area contributed by atoms with E-state index in [4.69, 9.17) is 4.74 Å². The Hall–Kier alpha value is -1.77. The minimum absolute atomic E-state index is 0.179. The van der Waals surface area contributed by atoms with Gasteiger partial charge in [0.25, 0.3) is 0 Å². The molecule has 0 radical (unpaired) electrons. The first kappa shape index (κ1) is 11.7. The summed E-state index contributed by atoms with van der Waals surface area (Å²) in [7, 11) is 3.67. The van der Waals surface area contributed by atoms with Gasteiger partial charge < -0.3 is 9.30 Å². The first-order chi connectivity index (χ1) is 8.02. The van der Waals surface area contributed by atoms with Gasteiger partial charge in [0.2, 0.25) is 0 Å². The summed E-state index contributed by atoms with van der Waals surface area (Å²) in [5.74, 6) is 1.02. The number of benzene rings is 1. The van der Waals surface area contributed by atoms with Crippen LogP contribution in [0, 0.1) is 6.92 Å². The SMILES string of the molecule is COc1cc(C)c2c(c1)c(CC(C)=O)cn2C. The van der Waals surface area contributed by atoms with Gasteiger partial charge in [-0.2, -0.15) is 0 Å². The lowest BCUT2D eigenvalue weighted by Crippen LogP contribution is -1.95. The topological polar surface area (TPSA) is 31.2 Å². The van der Waals surface area contributed by atoms with Crippen LogP contribution in [0.4, 0.5) is 0 Å². The predicted octanol–water partition coefficient (Wildman–Crippen LogP) is 2.63. The molecule has 3 heteroatoms. The maximum atomic E-state index is 11.3. The van der Waals surface area contributed by atoms with Crippen molar-refractivity contribution < 1.29 is 9.53 Å². The molecular weight excluding hydrogens is 214 g/mol. The Morgan fingerprint density at radius 1 is 1.41 bits per heavy atom. The van der Waals surface area contributed by atoms with Gasteiger partial charge >= 0.3 is 0 Å². The highest BCUT2D eigenvalue weighted by atomic mass is 16.5. The number of carbonyl (C=O) groups excluding carboxylic acids is 1. The second-order valence-corrected chi connectivity index (χ2v) is 4.48. The molecule has 1 aromatic carbocycles. The van der Waals surface area contributed by atoms with Crippen molar-refractivity contribution in [1.82, 2.24) is 4.57 Å². The molecule has 0 aliphatic heterocycles. The number of rotatable bonds is 3. The molecule has 0 aliphatic carbocycles. The number of hydrogen-bond acceptors (Lipinski definition) is 2. The molecule has 0 bridgehead atoms. The molecule has 0 aliphatic rings. The Bertz CT molecular complexity index is 581. The summed E-state index contributed by atoms with van der Waals surface area (Å²) in [6, 6.07) is 4.01. The lowest BCUT2D eigenvalue weighted by molar-refractivity contribution is -0.116. The van der Waals surface area contributed by atoms with E-state index in [2.05, 4.69) is 11.5 Å². The van der Waals surface area contributed by atoms with Gasteiger partial charge in [0.15, 0.2) is 0 Å². The Morgan fingerprint density at radius 2 is 2.12 bits per heavy atom. The van der Waals surface area contributed by atoms with Gasteiger partial charge in [-0.15, -0.1) is 0 Å². The minimum Gasteiger partial charge on any atom is -0.497 e. The summed E-state index contributed by atoms with van der Waals surface area (Å²) >= 11 is 0. The number of carbonyl (C=O) groups is 1. The minimum atomic E-state index is 0.179. The summed E-state index contributed by atoms with van der Waals surface area (Å²) in [5.41, 5.74) is 3.40. The number of methoxy groups -OCH3 is 1. The Morgan fingerprint density at radius 3 is 2.71 bits per heavy atom. The smallest absolute Gasteiger partial charge is 0.134 e. The normalized spacial score (nSPS) is 10.8. The van der Waals surface area contributed by atoms with Crippen molar-refractivity contribution in [1.29, 1.82) is 0 Å². The van der Waals surface area contributed by atoms with Crippen LogP contribution >= 0.6 is 0 Å². The fraction of sp³-hybridized carbons (Fsp3) is 0.357. The van der Waals surface area contributed by atoms with E-state index < -0.39 is 0 Å². The molecule has 2 aromatic rings.